The maximum absolute atomic E-state index is 14.0. The first kappa shape index (κ1) is 51.5. The number of hydrogen-bond donors (Lipinski definition) is 12. The van der Waals surface area contributed by atoms with E-state index in [9.17, 15) is 33.9 Å². The van der Waals surface area contributed by atoms with Crippen molar-refractivity contribution in [2.75, 3.05) is 19.6 Å². The summed E-state index contributed by atoms with van der Waals surface area (Å²) in [4.78, 5) is 88.6. The smallest absolute Gasteiger partial charge is 0.326 e. The number of unbranched alkanes of at least 4 members (excludes halogenated alkanes) is 1. The van der Waals surface area contributed by atoms with Gasteiger partial charge in [0.15, 0.2) is 11.9 Å². The minimum absolute atomic E-state index is 0.0216. The van der Waals surface area contributed by atoms with E-state index in [-0.39, 0.29) is 63.0 Å². The number of carboxylic acids is 1. The number of carbonyl (C=O) groups excluding carboxylic acids is 5. The monoisotopic (exact) mass is 832 g/mol. The van der Waals surface area contributed by atoms with E-state index >= 15 is 0 Å². The van der Waals surface area contributed by atoms with Crippen LogP contribution in [0.25, 0.3) is 0 Å². The van der Waals surface area contributed by atoms with Gasteiger partial charge in [0, 0.05) is 19.5 Å². The number of carbonyl (C=O) groups is 6. The van der Waals surface area contributed by atoms with Crippen LogP contribution in [0.1, 0.15) is 91.0 Å². The number of aliphatic carboxylic acids is 1. The molecule has 7 atom stereocenters. The molecule has 0 bridgehead atoms. The molecule has 20 heteroatoms. The van der Waals surface area contributed by atoms with Crippen LogP contribution in [0.4, 0.5) is 0 Å². The molecule has 0 aliphatic rings. The van der Waals surface area contributed by atoms with Crippen LogP contribution in [0, 0.1) is 11.8 Å². The minimum atomic E-state index is -1.27. The first-order chi connectivity index (χ1) is 27.9. The van der Waals surface area contributed by atoms with E-state index in [0.717, 1.165) is 0 Å². The molecule has 5 amide bonds. The van der Waals surface area contributed by atoms with E-state index < -0.39 is 77.7 Å². The van der Waals surface area contributed by atoms with Crippen LogP contribution in [0.3, 0.4) is 0 Å². The van der Waals surface area contributed by atoms with Crippen LogP contribution < -0.4 is 61.0 Å². The lowest BCUT2D eigenvalue weighted by atomic mass is 9.96. The largest absolute Gasteiger partial charge is 0.480 e. The van der Waals surface area contributed by atoms with Gasteiger partial charge in [-0.15, -0.1) is 0 Å². The number of carboxylic acid groups (broad SMARTS) is 1. The fourth-order valence-electron chi connectivity index (χ4n) is 5.98. The molecule has 1 aromatic rings. The number of hydrogen-bond acceptors (Lipinski definition) is 10. The second-order valence-corrected chi connectivity index (χ2v) is 15.1. The lowest BCUT2D eigenvalue weighted by Gasteiger charge is -2.29. The van der Waals surface area contributed by atoms with E-state index in [1.165, 1.54) is 0 Å². The summed E-state index contributed by atoms with van der Waals surface area (Å²) in [6, 6.07) is 1.97. The van der Waals surface area contributed by atoms with Gasteiger partial charge in [-0.1, -0.05) is 70.9 Å². The Bertz CT molecular complexity index is 1540. The first-order valence-corrected chi connectivity index (χ1v) is 20.2. The maximum atomic E-state index is 14.0. The van der Waals surface area contributed by atoms with Crippen LogP contribution in [-0.2, 0) is 35.2 Å². The molecule has 0 fully saturated rings. The van der Waals surface area contributed by atoms with Crippen molar-refractivity contribution in [1.82, 2.24) is 26.6 Å². The summed E-state index contributed by atoms with van der Waals surface area (Å²) in [5, 5.41) is 23.4. The molecule has 1 aromatic carbocycles. The first-order valence-electron chi connectivity index (χ1n) is 20.2. The minimum Gasteiger partial charge on any atom is -0.480 e. The third-order valence-electron chi connectivity index (χ3n) is 9.49. The molecule has 0 saturated carbocycles. The van der Waals surface area contributed by atoms with Crippen molar-refractivity contribution < 1.29 is 33.9 Å². The molecular formula is C39H69N13O7. The quantitative estimate of drug-likeness (QED) is 0.0246. The van der Waals surface area contributed by atoms with Gasteiger partial charge in [0.05, 0.1) is 6.04 Å². The van der Waals surface area contributed by atoms with Gasteiger partial charge in [-0.05, 0) is 68.9 Å². The summed E-state index contributed by atoms with van der Waals surface area (Å²) in [6.07, 6.45) is 2.92. The molecule has 0 unspecified atom stereocenters. The van der Waals surface area contributed by atoms with Crippen LogP contribution >= 0.6 is 0 Å². The number of amides is 5. The molecule has 0 spiro atoms. The van der Waals surface area contributed by atoms with Gasteiger partial charge in [0.25, 0.3) is 0 Å². The van der Waals surface area contributed by atoms with Gasteiger partial charge < -0.3 is 66.1 Å². The second kappa shape index (κ2) is 28.0. The summed E-state index contributed by atoms with van der Waals surface area (Å²) >= 11 is 0. The van der Waals surface area contributed by atoms with Gasteiger partial charge in [0.2, 0.25) is 29.5 Å². The molecule has 0 aliphatic carbocycles. The Morgan fingerprint density at radius 3 is 1.61 bits per heavy atom. The van der Waals surface area contributed by atoms with Crippen LogP contribution in [0.15, 0.2) is 40.3 Å². The van der Waals surface area contributed by atoms with Gasteiger partial charge in [-0.3, -0.25) is 34.0 Å². The molecule has 1 rings (SSSR count). The number of nitrogens with two attached hydrogens (primary N) is 6. The normalized spacial score (nSPS) is 14.6. The van der Waals surface area contributed by atoms with Gasteiger partial charge in [0.1, 0.15) is 30.2 Å². The highest BCUT2D eigenvalue weighted by Crippen LogP contribution is 2.13. The van der Waals surface area contributed by atoms with Crippen molar-refractivity contribution in [2.45, 2.75) is 128 Å². The molecule has 332 valence electrons. The predicted octanol–water partition coefficient (Wildman–Crippen LogP) is -1.61. The van der Waals surface area contributed by atoms with Gasteiger partial charge in [-0.25, -0.2) is 4.79 Å². The lowest BCUT2D eigenvalue weighted by molar-refractivity contribution is -0.142. The summed E-state index contributed by atoms with van der Waals surface area (Å²) < 4.78 is 0. The predicted molar refractivity (Wildman–Crippen MR) is 227 cm³/mol. The maximum Gasteiger partial charge on any atom is 0.326 e. The Morgan fingerprint density at radius 2 is 1.14 bits per heavy atom. The fraction of sp³-hybridized carbons (Fsp3) is 0.641. The Labute approximate surface area is 347 Å². The Balaban J connectivity index is 3.37. The number of benzene rings is 1. The van der Waals surface area contributed by atoms with Crippen LogP contribution in [0.5, 0.6) is 0 Å². The molecule has 18 N–H and O–H groups in total. The van der Waals surface area contributed by atoms with Crippen LogP contribution in [-0.4, -0.2) is 108 Å². The van der Waals surface area contributed by atoms with Crippen LogP contribution in [0.2, 0.25) is 0 Å². The highest BCUT2D eigenvalue weighted by molar-refractivity contribution is 5.96. The zero-order valence-corrected chi connectivity index (χ0v) is 35.0. The zero-order valence-electron chi connectivity index (χ0n) is 35.0. The molecule has 0 aliphatic heterocycles. The molecule has 59 heavy (non-hydrogen) atoms. The van der Waals surface area contributed by atoms with Crippen molar-refractivity contribution in [1.29, 1.82) is 0 Å². The molecular weight excluding hydrogens is 763 g/mol. The number of rotatable bonds is 29. The topological polar surface area (TPSA) is 364 Å². The molecule has 0 saturated heterocycles. The van der Waals surface area contributed by atoms with Crippen molar-refractivity contribution in [3.63, 3.8) is 0 Å². The second-order valence-electron chi connectivity index (χ2n) is 15.1. The van der Waals surface area contributed by atoms with Gasteiger partial charge in [-0.2, -0.15) is 0 Å². The SMILES string of the molecule is CC[C@H](C)[C@H](NC(=O)[C@H](CC(C)C)NC(=O)[C@H](CCCN=C(N)N)NC(=O)[C@H](CCCN=C(N)N)NC(=O)[C@@H](N)CCCCN)C(=O)N[C@@H](Cc1ccccc1)C(=O)O. The summed E-state index contributed by atoms with van der Waals surface area (Å²) in [6.45, 7) is 7.99. The average Bonchev–Trinajstić information content (AvgIpc) is 3.17. The molecule has 20 nitrogen and oxygen atoms in total. The summed E-state index contributed by atoms with van der Waals surface area (Å²) in [7, 11) is 0. The van der Waals surface area contributed by atoms with Crippen molar-refractivity contribution in [3.05, 3.63) is 35.9 Å². The van der Waals surface area contributed by atoms with Crippen molar-refractivity contribution in [3.8, 4) is 0 Å². The third-order valence-corrected chi connectivity index (χ3v) is 9.49. The highest BCUT2D eigenvalue weighted by Gasteiger charge is 2.34. The number of guanidine groups is 2. The molecule has 0 heterocycles. The summed E-state index contributed by atoms with van der Waals surface area (Å²) in [5.41, 5.74) is 34.2. The fourth-order valence-corrected chi connectivity index (χ4v) is 5.98. The van der Waals surface area contributed by atoms with E-state index in [0.29, 0.717) is 44.2 Å². The van der Waals surface area contributed by atoms with E-state index in [1.807, 2.05) is 20.8 Å². The third kappa shape index (κ3) is 21.2. The molecule has 0 aromatic heterocycles. The van der Waals surface area contributed by atoms with E-state index in [4.69, 9.17) is 34.4 Å². The van der Waals surface area contributed by atoms with Crippen molar-refractivity contribution >= 4 is 47.4 Å². The number of nitrogens with one attached hydrogen (secondary N) is 5. The Hall–Kier alpha value is -5.50. The number of aliphatic imine (C=N–C) groups is 2. The summed E-state index contributed by atoms with van der Waals surface area (Å²) in [5.74, 6) is -5.43. The average molecular weight is 832 g/mol. The zero-order chi connectivity index (χ0) is 44.5. The molecule has 0 radical (unpaired) electrons. The lowest BCUT2D eigenvalue weighted by Crippen LogP contribution is -2.60. The van der Waals surface area contributed by atoms with E-state index in [2.05, 4.69) is 36.6 Å². The number of nitrogens with zero attached hydrogens (tertiary/aromatic N) is 2. The Kier molecular flexibility index (Phi) is 24.5. The highest BCUT2D eigenvalue weighted by atomic mass is 16.4. The standard InChI is InChI=1S/C39H69N13O7/c1-5-24(4)31(36(57)51-30(37(58)59)22-25-13-7-6-8-14-25)52-35(56)29(21-23(2)3)50-34(55)28(17-12-20-47-39(44)45)49-33(54)27(16-11-19-46-38(42)43)48-32(53)26(41)15-9-10-18-40/h6-8,13-14,23-24,26-31H,5,9-12,15-22,40-41H2,1-4H3,(H,48,53)(H,49,54)(H,50,55)(H,51,57)(H,52,56)(H,58,59)(H4,42,43,46)(H4,44,45,47)/t24-,26-,27-,28-,29-,30-,31-/m0/s1. The van der Waals surface area contributed by atoms with Crippen molar-refractivity contribution in [2.24, 2.45) is 56.2 Å². The van der Waals surface area contributed by atoms with Gasteiger partial charge >= 0.3 is 5.97 Å². The van der Waals surface area contributed by atoms with E-state index in [1.54, 1.807) is 37.3 Å². The Morgan fingerprint density at radius 1 is 0.644 bits per heavy atom.